The van der Waals surface area contributed by atoms with E-state index >= 15 is 0 Å². The van der Waals surface area contributed by atoms with Crippen LogP contribution in [0.25, 0.3) is 0 Å². The Morgan fingerprint density at radius 1 is 0.800 bits per heavy atom. The molecule has 0 aromatic heterocycles. The first-order chi connectivity index (χ1) is 5.89. The van der Waals surface area contributed by atoms with Gasteiger partial charge in [0.2, 0.25) is 0 Å². The van der Waals surface area contributed by atoms with E-state index in [0.29, 0.717) is 0 Å². The van der Waals surface area contributed by atoms with Crippen molar-refractivity contribution < 1.29 is 53.3 Å². The van der Waals surface area contributed by atoms with Gasteiger partial charge in [-0.2, -0.15) is 26.3 Å². The Labute approximate surface area is 91.8 Å². The van der Waals surface area contributed by atoms with Crippen molar-refractivity contribution in [3.8, 4) is 0 Å². The standard InChI is InChI=1S/C3F6O.C3H6O.Cr/c4-2(5,6)1(10)3(7,8)9;1-3(2)4;/h;1-2H3;. The van der Waals surface area contributed by atoms with Gasteiger partial charge < -0.3 is 4.79 Å². The summed E-state index contributed by atoms with van der Waals surface area (Å²) in [4.78, 5) is 18.7. The van der Waals surface area contributed by atoms with Crippen LogP contribution in [-0.2, 0) is 27.0 Å². The SMILES string of the molecule is CC(C)=O.O=C(C(F)(F)F)C(F)(F)F.[Cr]. The molecule has 0 unspecified atom stereocenters. The topological polar surface area (TPSA) is 34.1 Å². The molecule has 0 heterocycles. The Kier molecular flexibility index (Phi) is 9.10. The van der Waals surface area contributed by atoms with Gasteiger partial charge in [-0.15, -0.1) is 0 Å². The van der Waals surface area contributed by atoms with Crippen LogP contribution < -0.4 is 0 Å². The summed E-state index contributed by atoms with van der Waals surface area (Å²) in [6.07, 6.45) is -11.6. The molecule has 0 aromatic rings. The molecule has 0 aromatic carbocycles. The van der Waals surface area contributed by atoms with E-state index in [0.717, 1.165) is 0 Å². The molecule has 0 aliphatic carbocycles. The van der Waals surface area contributed by atoms with Crippen LogP contribution in [0.15, 0.2) is 0 Å². The zero-order valence-corrected chi connectivity index (χ0v) is 8.77. The average Bonchev–Trinajstić information content (AvgIpc) is 1.80. The number of carbonyl (C=O) groups excluding carboxylic acids is 2. The van der Waals surface area contributed by atoms with Gasteiger partial charge >= 0.3 is 18.1 Å². The quantitative estimate of drug-likeness (QED) is 0.636. The molecule has 0 aliphatic heterocycles. The molecule has 0 saturated heterocycles. The van der Waals surface area contributed by atoms with Gasteiger partial charge in [0.1, 0.15) is 5.78 Å². The van der Waals surface area contributed by atoms with Gasteiger partial charge in [-0.05, 0) is 13.8 Å². The Morgan fingerprint density at radius 3 is 0.933 bits per heavy atom. The first kappa shape index (κ1) is 19.9. The van der Waals surface area contributed by atoms with Gasteiger partial charge in [0, 0.05) is 17.4 Å². The minimum atomic E-state index is -5.82. The Balaban J connectivity index is -0.000000249. The summed E-state index contributed by atoms with van der Waals surface area (Å²) < 4.78 is 65.3. The number of ketones is 2. The van der Waals surface area contributed by atoms with Crippen molar-refractivity contribution in [3.63, 3.8) is 0 Å². The second-order valence-corrected chi connectivity index (χ2v) is 2.23. The minimum absolute atomic E-state index is 0. The number of hydrogen-bond donors (Lipinski definition) is 0. The van der Waals surface area contributed by atoms with E-state index in [4.69, 9.17) is 0 Å². The summed E-state index contributed by atoms with van der Waals surface area (Å²) in [6, 6.07) is 0. The normalized spacial score (nSPS) is 10.7. The van der Waals surface area contributed by atoms with E-state index in [9.17, 15) is 35.9 Å². The van der Waals surface area contributed by atoms with Crippen molar-refractivity contribution in [1.82, 2.24) is 0 Å². The summed E-state index contributed by atoms with van der Waals surface area (Å²) in [5.74, 6) is -3.51. The van der Waals surface area contributed by atoms with Crippen molar-refractivity contribution in [3.05, 3.63) is 0 Å². The summed E-state index contributed by atoms with van der Waals surface area (Å²) >= 11 is 0. The van der Waals surface area contributed by atoms with E-state index in [2.05, 4.69) is 0 Å². The van der Waals surface area contributed by atoms with Crippen LogP contribution in [0.2, 0.25) is 0 Å². The van der Waals surface area contributed by atoms with E-state index in [1.807, 2.05) is 0 Å². The van der Waals surface area contributed by atoms with Crippen molar-refractivity contribution in [1.29, 1.82) is 0 Å². The Bertz CT molecular complexity index is 199. The summed E-state index contributed by atoms with van der Waals surface area (Å²) in [6.45, 7) is 3.06. The molecular weight excluding hydrogens is 270 g/mol. The maximum absolute atomic E-state index is 10.9. The first-order valence-corrected chi connectivity index (χ1v) is 3.04. The summed E-state index contributed by atoms with van der Waals surface area (Å²) in [5.41, 5.74) is 0. The molecule has 2 nitrogen and oxygen atoms in total. The summed E-state index contributed by atoms with van der Waals surface area (Å²) in [7, 11) is 0. The fraction of sp³-hybridized carbons (Fsp3) is 0.667. The van der Waals surface area contributed by atoms with Crippen molar-refractivity contribution in [2.45, 2.75) is 26.2 Å². The third-order valence-electron chi connectivity index (χ3n) is 0.515. The predicted molar refractivity (Wildman–Crippen MR) is 33.5 cm³/mol. The molecule has 0 aliphatic rings. The van der Waals surface area contributed by atoms with Crippen LogP contribution in [0.4, 0.5) is 26.3 Å². The van der Waals surface area contributed by atoms with Crippen LogP contribution in [-0.4, -0.2) is 23.9 Å². The Hall–Kier alpha value is -0.548. The van der Waals surface area contributed by atoms with Crippen LogP contribution >= 0.6 is 0 Å². The van der Waals surface area contributed by atoms with Crippen LogP contribution in [0.5, 0.6) is 0 Å². The van der Waals surface area contributed by atoms with Gasteiger partial charge in [0.15, 0.2) is 0 Å². The molecule has 0 rings (SSSR count). The van der Waals surface area contributed by atoms with Crippen LogP contribution in [0.3, 0.4) is 0 Å². The van der Waals surface area contributed by atoms with Crippen LogP contribution in [0.1, 0.15) is 13.8 Å². The number of hydrogen-bond acceptors (Lipinski definition) is 2. The predicted octanol–water partition coefficient (Wildman–Crippen LogP) is 2.27. The molecule has 0 saturated carbocycles. The number of carbonyl (C=O) groups is 2. The molecule has 9 heteroatoms. The van der Waals surface area contributed by atoms with Crippen molar-refractivity contribution >= 4 is 11.6 Å². The van der Waals surface area contributed by atoms with Crippen molar-refractivity contribution in [2.75, 3.05) is 0 Å². The molecule has 0 bridgehead atoms. The van der Waals surface area contributed by atoms with Gasteiger partial charge in [-0.25, -0.2) is 0 Å². The first-order valence-electron chi connectivity index (χ1n) is 3.04. The van der Waals surface area contributed by atoms with E-state index in [1.165, 1.54) is 13.8 Å². The fourth-order valence-corrected chi connectivity index (χ4v) is 0.161. The second kappa shape index (κ2) is 6.85. The molecule has 0 N–H and O–H groups in total. The number of Topliss-reactive ketones (excluding diaryl/α,β-unsaturated/α-hetero) is 2. The third-order valence-corrected chi connectivity index (χ3v) is 0.515. The number of alkyl halides is 6. The molecule has 90 valence electrons. The molecule has 15 heavy (non-hydrogen) atoms. The van der Waals surface area contributed by atoms with Gasteiger partial charge in [0.05, 0.1) is 0 Å². The van der Waals surface area contributed by atoms with Gasteiger partial charge in [0.25, 0.3) is 0 Å². The van der Waals surface area contributed by atoms with Crippen LogP contribution in [0, 0.1) is 0 Å². The number of halogens is 6. The van der Waals surface area contributed by atoms with E-state index in [1.54, 1.807) is 0 Å². The largest absolute Gasteiger partial charge is 0.459 e. The second-order valence-electron chi connectivity index (χ2n) is 2.23. The maximum Gasteiger partial charge on any atom is 0.459 e. The van der Waals surface area contributed by atoms with E-state index < -0.39 is 18.1 Å². The minimum Gasteiger partial charge on any atom is -0.300 e. The molecule has 0 fully saturated rings. The zero-order valence-electron chi connectivity index (χ0n) is 7.49. The van der Waals surface area contributed by atoms with Gasteiger partial charge in [-0.1, -0.05) is 0 Å². The molecular formula is C6H6CrF6O2. The smallest absolute Gasteiger partial charge is 0.300 e. The van der Waals surface area contributed by atoms with Crippen molar-refractivity contribution in [2.24, 2.45) is 0 Å². The maximum atomic E-state index is 10.9. The fourth-order valence-electron chi connectivity index (χ4n) is 0.161. The van der Waals surface area contributed by atoms with E-state index in [-0.39, 0.29) is 23.1 Å². The molecule has 0 atom stereocenters. The Morgan fingerprint density at radius 2 is 0.933 bits per heavy atom. The third kappa shape index (κ3) is 13.5. The molecule has 0 amide bonds. The van der Waals surface area contributed by atoms with Gasteiger partial charge in [-0.3, -0.25) is 4.79 Å². The summed E-state index contributed by atoms with van der Waals surface area (Å²) in [5, 5.41) is 0. The molecule has 0 radical (unpaired) electrons. The monoisotopic (exact) mass is 276 g/mol. The molecule has 0 spiro atoms. The number of rotatable bonds is 0. The average molecular weight is 276 g/mol. The zero-order chi connectivity index (χ0) is 12.2.